The van der Waals surface area contributed by atoms with Crippen LogP contribution in [0, 0.1) is 0 Å². The fourth-order valence-corrected chi connectivity index (χ4v) is 3.18. The number of amides is 1. The molecule has 1 aliphatic carbocycles. The van der Waals surface area contributed by atoms with Gasteiger partial charge in [-0.05, 0) is 34.2 Å². The van der Waals surface area contributed by atoms with Crippen molar-refractivity contribution < 1.29 is 18.3 Å². The van der Waals surface area contributed by atoms with Gasteiger partial charge < -0.3 is 10.1 Å². The lowest BCUT2D eigenvalue weighted by Crippen LogP contribution is -2.49. The molecule has 2 aromatic carbocycles. The Bertz CT molecular complexity index is 773. The maximum absolute atomic E-state index is 14.0. The highest BCUT2D eigenvalue weighted by molar-refractivity contribution is 5.77. The predicted molar refractivity (Wildman–Crippen MR) is 76.9 cm³/mol. The Kier molecular flexibility index (Phi) is 2.73. The van der Waals surface area contributed by atoms with E-state index in [2.05, 4.69) is 10.1 Å². The fraction of sp³-hybridized carbons (Fsp3) is 0.235. The molecule has 1 N–H and O–H groups in total. The highest BCUT2D eigenvalue weighted by Crippen LogP contribution is 2.40. The third-order valence-electron chi connectivity index (χ3n) is 4.23. The molecule has 0 bridgehead atoms. The lowest BCUT2D eigenvalue weighted by atomic mass is 9.95. The van der Waals surface area contributed by atoms with E-state index in [1.54, 1.807) is 12.1 Å². The SMILES string of the molecule is O=C1N[C@@H](c2ccc3c(c2)Cc2ccccc2-3)C(F)(F)CO1. The second-order valence-electron chi connectivity index (χ2n) is 5.67. The summed E-state index contributed by atoms with van der Waals surface area (Å²) in [7, 11) is 0. The number of alkyl carbamates (subject to hydrolysis) is 1. The number of rotatable bonds is 1. The zero-order chi connectivity index (χ0) is 15.3. The number of fused-ring (bicyclic) bond motifs is 3. The molecule has 1 aliphatic heterocycles. The molecule has 1 saturated heterocycles. The van der Waals surface area contributed by atoms with Gasteiger partial charge in [-0.1, -0.05) is 42.5 Å². The Labute approximate surface area is 125 Å². The van der Waals surface area contributed by atoms with Crippen LogP contribution in [0.2, 0.25) is 0 Å². The van der Waals surface area contributed by atoms with Crippen molar-refractivity contribution in [2.24, 2.45) is 0 Å². The molecule has 1 amide bonds. The standard InChI is InChI=1S/C17H13F2NO2/c18-17(19)9-22-16(21)20-15(17)11-5-6-14-12(8-11)7-10-3-1-2-4-13(10)14/h1-6,8,15H,7,9H2,(H,20,21)/t15-/m0/s1. The van der Waals surface area contributed by atoms with Crippen LogP contribution in [0.25, 0.3) is 11.1 Å². The summed E-state index contributed by atoms with van der Waals surface area (Å²) >= 11 is 0. The first-order valence-corrected chi connectivity index (χ1v) is 7.07. The molecule has 2 aliphatic rings. The molecule has 22 heavy (non-hydrogen) atoms. The second kappa shape index (κ2) is 4.53. The van der Waals surface area contributed by atoms with Crippen LogP contribution in [0.3, 0.4) is 0 Å². The summed E-state index contributed by atoms with van der Waals surface area (Å²) in [6.45, 7) is -0.888. The van der Waals surface area contributed by atoms with E-state index < -0.39 is 24.7 Å². The Morgan fingerprint density at radius 3 is 2.73 bits per heavy atom. The van der Waals surface area contributed by atoms with Gasteiger partial charge in [0.2, 0.25) is 0 Å². The van der Waals surface area contributed by atoms with Crippen molar-refractivity contribution >= 4 is 6.09 Å². The summed E-state index contributed by atoms with van der Waals surface area (Å²) in [6.07, 6.45) is -0.0815. The van der Waals surface area contributed by atoms with Crippen molar-refractivity contribution in [2.75, 3.05) is 6.61 Å². The highest BCUT2D eigenvalue weighted by atomic mass is 19.3. The van der Waals surface area contributed by atoms with Gasteiger partial charge in [0.05, 0.1) is 0 Å². The Morgan fingerprint density at radius 2 is 1.86 bits per heavy atom. The zero-order valence-corrected chi connectivity index (χ0v) is 11.6. The van der Waals surface area contributed by atoms with Crippen LogP contribution in [-0.4, -0.2) is 18.6 Å². The minimum Gasteiger partial charge on any atom is -0.443 e. The van der Waals surface area contributed by atoms with Crippen LogP contribution >= 0.6 is 0 Å². The number of ether oxygens (including phenoxy) is 1. The molecule has 2 aromatic rings. The lowest BCUT2D eigenvalue weighted by Gasteiger charge is -2.32. The van der Waals surface area contributed by atoms with Gasteiger partial charge in [0.15, 0.2) is 6.61 Å². The summed E-state index contributed by atoms with van der Waals surface area (Å²) < 4.78 is 32.4. The molecule has 0 spiro atoms. The number of hydrogen-bond donors (Lipinski definition) is 1. The summed E-state index contributed by atoms with van der Waals surface area (Å²) in [5, 5.41) is 2.22. The van der Waals surface area contributed by atoms with Gasteiger partial charge in [0.25, 0.3) is 0 Å². The summed E-state index contributed by atoms with van der Waals surface area (Å²) in [5.41, 5.74) is 4.83. The monoisotopic (exact) mass is 301 g/mol. The van der Waals surface area contributed by atoms with E-state index in [4.69, 9.17) is 0 Å². The first-order chi connectivity index (χ1) is 10.5. The number of alkyl halides is 2. The number of benzene rings is 2. The maximum atomic E-state index is 14.0. The van der Waals surface area contributed by atoms with E-state index in [0.29, 0.717) is 5.56 Å². The molecule has 0 radical (unpaired) electrons. The number of carbonyl (C=O) groups excluding carboxylic acids is 1. The molecule has 1 heterocycles. The van der Waals surface area contributed by atoms with Gasteiger partial charge in [-0.15, -0.1) is 0 Å². The third kappa shape index (κ3) is 1.96. The molecule has 112 valence electrons. The number of cyclic esters (lactones) is 1. The number of nitrogens with one attached hydrogen (secondary N) is 1. The van der Waals surface area contributed by atoms with E-state index in [1.165, 1.54) is 5.56 Å². The summed E-state index contributed by atoms with van der Waals surface area (Å²) in [6, 6.07) is 11.9. The van der Waals surface area contributed by atoms with Gasteiger partial charge in [0.1, 0.15) is 6.04 Å². The average Bonchev–Trinajstić information content (AvgIpc) is 2.87. The van der Waals surface area contributed by atoms with E-state index in [1.807, 2.05) is 30.3 Å². The molecule has 0 saturated carbocycles. The molecule has 1 fully saturated rings. The van der Waals surface area contributed by atoms with Crippen LogP contribution in [0.15, 0.2) is 42.5 Å². The third-order valence-corrected chi connectivity index (χ3v) is 4.23. The van der Waals surface area contributed by atoms with Crippen LogP contribution in [0.5, 0.6) is 0 Å². The van der Waals surface area contributed by atoms with Crippen molar-refractivity contribution in [2.45, 2.75) is 18.4 Å². The Morgan fingerprint density at radius 1 is 1.09 bits per heavy atom. The van der Waals surface area contributed by atoms with Gasteiger partial charge in [-0.2, -0.15) is 0 Å². The lowest BCUT2D eigenvalue weighted by molar-refractivity contribution is -0.104. The van der Waals surface area contributed by atoms with Crippen molar-refractivity contribution in [1.82, 2.24) is 5.32 Å². The predicted octanol–water partition coefficient (Wildman–Crippen LogP) is 3.67. The van der Waals surface area contributed by atoms with Crippen molar-refractivity contribution in [3.63, 3.8) is 0 Å². The zero-order valence-electron chi connectivity index (χ0n) is 11.6. The second-order valence-corrected chi connectivity index (χ2v) is 5.67. The van der Waals surface area contributed by atoms with Crippen molar-refractivity contribution in [1.29, 1.82) is 0 Å². The fourth-order valence-electron chi connectivity index (χ4n) is 3.18. The van der Waals surface area contributed by atoms with E-state index in [0.717, 1.165) is 23.1 Å². The van der Waals surface area contributed by atoms with Crippen molar-refractivity contribution in [3.05, 3.63) is 59.2 Å². The van der Waals surface area contributed by atoms with Crippen molar-refractivity contribution in [3.8, 4) is 11.1 Å². The molecule has 0 unspecified atom stereocenters. The number of carbonyl (C=O) groups is 1. The van der Waals surface area contributed by atoms with Gasteiger partial charge in [0, 0.05) is 0 Å². The van der Waals surface area contributed by atoms with Crippen LogP contribution in [0.1, 0.15) is 22.7 Å². The summed E-state index contributed by atoms with van der Waals surface area (Å²) in [4.78, 5) is 11.3. The number of hydrogen-bond acceptors (Lipinski definition) is 2. The minimum atomic E-state index is -3.12. The van der Waals surface area contributed by atoms with Crippen LogP contribution < -0.4 is 5.32 Å². The molecule has 1 atom stereocenters. The normalized spacial score (nSPS) is 21.5. The Hall–Kier alpha value is -2.43. The molecular weight excluding hydrogens is 288 g/mol. The van der Waals surface area contributed by atoms with Crippen LogP contribution in [0.4, 0.5) is 13.6 Å². The largest absolute Gasteiger partial charge is 0.443 e. The minimum absolute atomic E-state index is 0.410. The topological polar surface area (TPSA) is 38.3 Å². The molecule has 5 heteroatoms. The van der Waals surface area contributed by atoms with E-state index >= 15 is 0 Å². The molecule has 3 nitrogen and oxygen atoms in total. The Balaban J connectivity index is 1.74. The molecule has 4 rings (SSSR count). The maximum Gasteiger partial charge on any atom is 0.408 e. The van der Waals surface area contributed by atoms with Crippen LogP contribution in [-0.2, 0) is 11.2 Å². The molecular formula is C17H13F2NO2. The van der Waals surface area contributed by atoms with Gasteiger partial charge >= 0.3 is 12.0 Å². The van der Waals surface area contributed by atoms with E-state index in [-0.39, 0.29) is 0 Å². The van der Waals surface area contributed by atoms with E-state index in [9.17, 15) is 13.6 Å². The number of halogens is 2. The van der Waals surface area contributed by atoms with Gasteiger partial charge in [-0.3, -0.25) is 0 Å². The summed E-state index contributed by atoms with van der Waals surface area (Å²) in [5.74, 6) is -3.12. The van der Waals surface area contributed by atoms with Gasteiger partial charge in [-0.25, -0.2) is 13.6 Å². The first kappa shape index (κ1) is 13.2. The highest BCUT2D eigenvalue weighted by Gasteiger charge is 2.47. The first-order valence-electron chi connectivity index (χ1n) is 7.07. The molecule has 0 aromatic heterocycles. The quantitative estimate of drug-likeness (QED) is 0.744. The average molecular weight is 301 g/mol. The smallest absolute Gasteiger partial charge is 0.408 e.